The Kier molecular flexibility index (Phi) is 4.33. The summed E-state index contributed by atoms with van der Waals surface area (Å²) < 4.78 is 5.11. The van der Waals surface area contributed by atoms with Gasteiger partial charge in [-0.15, -0.1) is 23.2 Å². The van der Waals surface area contributed by atoms with Crippen LogP contribution in [0.25, 0.3) is 0 Å². The monoisotopic (exact) mass is 223 g/mol. The van der Waals surface area contributed by atoms with Crippen molar-refractivity contribution in [3.8, 4) is 0 Å². The third kappa shape index (κ3) is 3.35. The normalized spacial score (nSPS) is 34.2. The zero-order chi connectivity index (χ0) is 9.84. The summed E-state index contributed by atoms with van der Waals surface area (Å²) in [7, 11) is 0. The lowest BCUT2D eigenvalue weighted by molar-refractivity contribution is -0.149. The fourth-order valence-electron chi connectivity index (χ4n) is 1.39. The van der Waals surface area contributed by atoms with Crippen molar-refractivity contribution >= 4 is 29.2 Å². The van der Waals surface area contributed by atoms with Crippen LogP contribution in [0.3, 0.4) is 0 Å². The minimum Gasteiger partial charge on any atom is -0.462 e. The van der Waals surface area contributed by atoms with Crippen molar-refractivity contribution in [2.75, 3.05) is 0 Å². The summed E-state index contributed by atoms with van der Waals surface area (Å²) in [5, 5.41) is -0.0746. The molecule has 1 aliphatic carbocycles. The number of halogens is 2. The summed E-state index contributed by atoms with van der Waals surface area (Å²) in [5.74, 6) is -0.262. The Hall–Kier alpha value is 0.0500. The van der Waals surface area contributed by atoms with E-state index in [-0.39, 0.29) is 29.2 Å². The first-order valence-corrected chi connectivity index (χ1v) is 5.27. The summed E-state index contributed by atoms with van der Waals surface area (Å²) in [5.41, 5.74) is 0. The van der Waals surface area contributed by atoms with Gasteiger partial charge < -0.3 is 4.74 Å². The predicted octanol–water partition coefficient (Wildman–Crippen LogP) is 2.52. The molecule has 0 aromatic rings. The van der Waals surface area contributed by atoms with Crippen molar-refractivity contribution in [2.45, 2.75) is 42.5 Å². The molecule has 0 heterocycles. The molecule has 13 heavy (non-hydrogen) atoms. The highest BCUT2D eigenvalue weighted by atomic mass is 35.5. The molecule has 2 nitrogen and oxygen atoms in total. The first-order valence-electron chi connectivity index (χ1n) is 4.40. The van der Waals surface area contributed by atoms with Crippen LogP contribution in [0, 0.1) is 6.92 Å². The third-order valence-electron chi connectivity index (χ3n) is 2.15. The number of esters is 1. The number of rotatable bonds is 2. The van der Waals surface area contributed by atoms with Gasteiger partial charge in [0.15, 0.2) is 0 Å². The van der Waals surface area contributed by atoms with E-state index in [1.807, 2.05) is 0 Å². The third-order valence-corrected chi connectivity index (χ3v) is 3.28. The lowest BCUT2D eigenvalue weighted by Crippen LogP contribution is -2.32. The minimum atomic E-state index is -0.262. The number of hydrogen-bond donors (Lipinski definition) is 0. The predicted molar refractivity (Wildman–Crippen MR) is 53.0 cm³/mol. The van der Waals surface area contributed by atoms with Crippen LogP contribution in [-0.4, -0.2) is 22.8 Å². The lowest BCUT2D eigenvalue weighted by atomic mass is 9.97. The molecule has 0 saturated heterocycles. The number of alkyl halides is 2. The van der Waals surface area contributed by atoms with Gasteiger partial charge in [0.2, 0.25) is 0 Å². The quantitative estimate of drug-likeness (QED) is 0.532. The largest absolute Gasteiger partial charge is 0.462 e. The standard InChI is InChI=1S/C9H13Cl2O2/c1-2-9(12)13-6-3-4-7(10)8(11)5-6/h6-8H,1-5H2. The van der Waals surface area contributed by atoms with Crippen LogP contribution in [0.1, 0.15) is 25.7 Å². The molecule has 0 bridgehead atoms. The van der Waals surface area contributed by atoms with E-state index in [1.54, 1.807) is 0 Å². The second-order valence-electron chi connectivity index (χ2n) is 3.21. The Morgan fingerprint density at radius 2 is 2.08 bits per heavy atom. The van der Waals surface area contributed by atoms with Crippen LogP contribution in [0.15, 0.2) is 0 Å². The van der Waals surface area contributed by atoms with E-state index >= 15 is 0 Å². The number of ether oxygens (including phenoxy) is 1. The molecule has 0 amide bonds. The average molecular weight is 224 g/mol. The van der Waals surface area contributed by atoms with Crippen LogP contribution >= 0.6 is 23.2 Å². The van der Waals surface area contributed by atoms with Crippen LogP contribution < -0.4 is 0 Å². The number of carbonyl (C=O) groups is 1. The van der Waals surface area contributed by atoms with Crippen molar-refractivity contribution < 1.29 is 9.53 Å². The van der Waals surface area contributed by atoms with Crippen LogP contribution in [0.2, 0.25) is 0 Å². The fraction of sp³-hybridized carbons (Fsp3) is 0.778. The van der Waals surface area contributed by atoms with Crippen molar-refractivity contribution in [1.82, 2.24) is 0 Å². The van der Waals surface area contributed by atoms with Crippen molar-refractivity contribution in [3.63, 3.8) is 0 Å². The zero-order valence-electron chi connectivity index (χ0n) is 7.34. The average Bonchev–Trinajstić information content (AvgIpc) is 2.11. The zero-order valence-corrected chi connectivity index (χ0v) is 8.85. The van der Waals surface area contributed by atoms with Crippen LogP contribution in [0.5, 0.6) is 0 Å². The molecule has 1 saturated carbocycles. The molecule has 1 radical (unpaired) electrons. The molecule has 0 aromatic carbocycles. The maximum absolute atomic E-state index is 10.9. The number of carbonyl (C=O) groups excluding carboxylic acids is 1. The Morgan fingerprint density at radius 3 is 2.62 bits per heavy atom. The van der Waals surface area contributed by atoms with Gasteiger partial charge >= 0.3 is 5.97 Å². The molecular weight excluding hydrogens is 211 g/mol. The summed E-state index contributed by atoms with van der Waals surface area (Å²) in [4.78, 5) is 10.9. The van der Waals surface area contributed by atoms with Gasteiger partial charge in [-0.1, -0.05) is 0 Å². The highest BCUT2D eigenvalue weighted by Gasteiger charge is 2.29. The maximum atomic E-state index is 10.9. The van der Waals surface area contributed by atoms with Crippen molar-refractivity contribution in [1.29, 1.82) is 0 Å². The maximum Gasteiger partial charge on any atom is 0.306 e. The molecule has 1 rings (SSSR count). The first kappa shape index (κ1) is 11.1. The minimum absolute atomic E-state index is 0.0105. The molecule has 0 aliphatic heterocycles. The molecule has 0 spiro atoms. The molecule has 1 aliphatic rings. The van der Waals surface area contributed by atoms with E-state index in [9.17, 15) is 4.79 Å². The van der Waals surface area contributed by atoms with Crippen LogP contribution in [0.4, 0.5) is 0 Å². The summed E-state index contributed by atoms with van der Waals surface area (Å²) in [6.07, 6.45) is 2.38. The van der Waals surface area contributed by atoms with Gasteiger partial charge in [0.25, 0.3) is 0 Å². The van der Waals surface area contributed by atoms with E-state index < -0.39 is 0 Å². The van der Waals surface area contributed by atoms with Gasteiger partial charge in [0.05, 0.1) is 10.8 Å². The topological polar surface area (TPSA) is 26.3 Å². The van der Waals surface area contributed by atoms with E-state index in [1.165, 1.54) is 0 Å². The first-order chi connectivity index (χ1) is 6.13. The van der Waals surface area contributed by atoms with E-state index in [0.29, 0.717) is 6.42 Å². The summed E-state index contributed by atoms with van der Waals surface area (Å²) >= 11 is 11.9. The number of hydrogen-bond acceptors (Lipinski definition) is 2. The van der Waals surface area contributed by atoms with E-state index in [4.69, 9.17) is 27.9 Å². The van der Waals surface area contributed by atoms with E-state index in [0.717, 1.165) is 12.8 Å². The SMILES string of the molecule is [CH2]CC(=O)OC1CCC(Cl)C(Cl)C1. The van der Waals surface area contributed by atoms with Gasteiger partial charge in [0.1, 0.15) is 6.10 Å². The Morgan fingerprint density at radius 1 is 1.38 bits per heavy atom. The van der Waals surface area contributed by atoms with E-state index in [2.05, 4.69) is 6.92 Å². The van der Waals surface area contributed by atoms with Gasteiger partial charge in [-0.2, -0.15) is 0 Å². The molecule has 3 atom stereocenters. The highest BCUT2D eigenvalue weighted by Crippen LogP contribution is 2.29. The van der Waals surface area contributed by atoms with Crippen molar-refractivity contribution in [2.24, 2.45) is 0 Å². The highest BCUT2D eigenvalue weighted by molar-refractivity contribution is 6.30. The second kappa shape index (κ2) is 5.06. The molecule has 4 heteroatoms. The molecule has 0 aromatic heterocycles. The van der Waals surface area contributed by atoms with Crippen molar-refractivity contribution in [3.05, 3.63) is 6.92 Å². The summed E-state index contributed by atoms with van der Waals surface area (Å²) in [6, 6.07) is 0. The van der Waals surface area contributed by atoms with Gasteiger partial charge in [-0.3, -0.25) is 4.79 Å². The summed E-state index contributed by atoms with van der Waals surface area (Å²) in [6.45, 7) is 3.45. The smallest absolute Gasteiger partial charge is 0.306 e. The van der Waals surface area contributed by atoms with Gasteiger partial charge in [-0.25, -0.2) is 0 Å². The lowest BCUT2D eigenvalue weighted by Gasteiger charge is -2.28. The van der Waals surface area contributed by atoms with Crippen LogP contribution in [-0.2, 0) is 9.53 Å². The Bertz CT molecular complexity index is 184. The molecular formula is C9H13Cl2O2. The molecule has 75 valence electrons. The Labute approximate surface area is 88.5 Å². The molecule has 1 fully saturated rings. The molecule has 0 N–H and O–H groups in total. The van der Waals surface area contributed by atoms with Gasteiger partial charge in [-0.05, 0) is 19.8 Å². The molecule has 3 unspecified atom stereocenters. The fourth-order valence-corrected chi connectivity index (χ4v) is 1.95. The van der Waals surface area contributed by atoms with Gasteiger partial charge in [0, 0.05) is 12.8 Å². The Balaban J connectivity index is 2.33. The second-order valence-corrected chi connectivity index (χ2v) is 4.33.